The SMILES string of the molecule is N#Cc1cc2nc(CN3CCC(Oc4ccnc(Cc5ccc(Cl)cc5)n4)CC3)n(CC3CCO3)c2cc1F. The summed E-state index contributed by atoms with van der Waals surface area (Å²) in [5.41, 5.74) is 2.44. The molecule has 0 bridgehead atoms. The van der Waals surface area contributed by atoms with Crippen molar-refractivity contribution in [3.63, 3.8) is 0 Å². The Hall–Kier alpha value is -3.58. The fourth-order valence-electron chi connectivity index (χ4n) is 5.11. The first kappa shape index (κ1) is 25.7. The average molecular weight is 547 g/mol. The Labute approximate surface area is 231 Å². The van der Waals surface area contributed by atoms with E-state index in [-0.39, 0.29) is 17.8 Å². The van der Waals surface area contributed by atoms with Gasteiger partial charge < -0.3 is 14.0 Å². The molecule has 39 heavy (non-hydrogen) atoms. The van der Waals surface area contributed by atoms with Crippen LogP contribution in [0.5, 0.6) is 5.88 Å². The third kappa shape index (κ3) is 5.88. The van der Waals surface area contributed by atoms with Gasteiger partial charge in [-0.3, -0.25) is 4.90 Å². The van der Waals surface area contributed by atoms with Gasteiger partial charge >= 0.3 is 0 Å². The number of piperidine rings is 1. The van der Waals surface area contributed by atoms with Gasteiger partial charge in [0.1, 0.15) is 29.6 Å². The number of likely N-dealkylation sites (tertiary alicyclic amines) is 1. The number of nitrogens with zero attached hydrogens (tertiary/aromatic N) is 6. The molecule has 2 fully saturated rings. The van der Waals surface area contributed by atoms with Gasteiger partial charge in [-0.1, -0.05) is 23.7 Å². The van der Waals surface area contributed by atoms with Crippen LogP contribution in [0.1, 0.15) is 42.0 Å². The number of fused-ring (bicyclic) bond motifs is 1. The number of aromatic nitrogens is 4. The van der Waals surface area contributed by atoms with Crippen LogP contribution >= 0.6 is 11.6 Å². The van der Waals surface area contributed by atoms with Crippen LogP contribution in [0.4, 0.5) is 4.39 Å². The molecule has 4 aromatic rings. The molecular weight excluding hydrogens is 519 g/mol. The molecule has 1 unspecified atom stereocenters. The molecule has 2 aliphatic rings. The van der Waals surface area contributed by atoms with Crippen LogP contribution in [0.15, 0.2) is 48.7 Å². The van der Waals surface area contributed by atoms with E-state index in [2.05, 4.69) is 19.4 Å². The second kappa shape index (κ2) is 11.3. The van der Waals surface area contributed by atoms with Crippen molar-refractivity contribution in [1.82, 2.24) is 24.4 Å². The van der Waals surface area contributed by atoms with Crippen LogP contribution in [-0.2, 0) is 24.2 Å². The third-order valence-electron chi connectivity index (χ3n) is 7.36. The molecule has 2 aromatic carbocycles. The van der Waals surface area contributed by atoms with Gasteiger partial charge in [-0.25, -0.2) is 14.4 Å². The van der Waals surface area contributed by atoms with E-state index in [1.165, 1.54) is 12.1 Å². The zero-order valence-electron chi connectivity index (χ0n) is 21.4. The molecule has 2 aromatic heterocycles. The monoisotopic (exact) mass is 546 g/mol. The Morgan fingerprint density at radius 2 is 1.90 bits per heavy atom. The summed E-state index contributed by atoms with van der Waals surface area (Å²) in [5.74, 6) is 1.63. The summed E-state index contributed by atoms with van der Waals surface area (Å²) in [4.78, 5) is 16.1. The molecule has 0 aliphatic carbocycles. The maximum Gasteiger partial charge on any atom is 0.216 e. The number of benzene rings is 2. The summed E-state index contributed by atoms with van der Waals surface area (Å²) in [6, 6.07) is 14.4. The molecule has 0 spiro atoms. The summed E-state index contributed by atoms with van der Waals surface area (Å²) in [6.45, 7) is 3.70. The van der Waals surface area contributed by atoms with Gasteiger partial charge in [-0.15, -0.1) is 0 Å². The molecule has 0 radical (unpaired) electrons. The Morgan fingerprint density at radius 3 is 2.62 bits per heavy atom. The number of imidazole rings is 1. The highest BCUT2D eigenvalue weighted by atomic mass is 35.5. The quantitative estimate of drug-likeness (QED) is 0.310. The average Bonchev–Trinajstić information content (AvgIpc) is 3.23. The standard InChI is InChI=1S/C29H28ClFN6O2/c30-21-3-1-19(2-4-21)13-27-33-9-5-29(35-27)39-22-6-10-36(11-7-22)18-28-34-25-14-20(16-32)24(31)15-26(25)37(28)17-23-8-12-38-23/h1-5,9,14-15,22-23H,6-8,10-13,17-18H2. The molecule has 10 heteroatoms. The number of halogens is 2. The second-order valence-corrected chi connectivity index (χ2v) is 10.5. The number of hydrogen-bond donors (Lipinski definition) is 0. The Balaban J connectivity index is 1.09. The lowest BCUT2D eigenvalue weighted by molar-refractivity contribution is -0.0592. The van der Waals surface area contributed by atoms with Crippen molar-refractivity contribution >= 4 is 22.6 Å². The Bertz CT molecular complexity index is 1510. The molecule has 2 saturated heterocycles. The highest BCUT2D eigenvalue weighted by molar-refractivity contribution is 6.30. The van der Waals surface area contributed by atoms with Crippen LogP contribution in [0.25, 0.3) is 11.0 Å². The number of nitriles is 1. The zero-order chi connectivity index (χ0) is 26.8. The number of rotatable bonds is 8. The Kier molecular flexibility index (Phi) is 7.42. The lowest BCUT2D eigenvalue weighted by atomic mass is 10.1. The van der Waals surface area contributed by atoms with E-state index in [1.54, 1.807) is 12.3 Å². The molecular formula is C29H28ClFN6O2. The van der Waals surface area contributed by atoms with E-state index in [1.807, 2.05) is 30.3 Å². The van der Waals surface area contributed by atoms with Gasteiger partial charge in [-0.05, 0) is 43.0 Å². The summed E-state index contributed by atoms with van der Waals surface area (Å²) in [6.07, 6.45) is 5.21. The fraction of sp³-hybridized carbons (Fsp3) is 0.379. The van der Waals surface area contributed by atoms with Crippen molar-refractivity contribution in [3.05, 3.63) is 82.3 Å². The highest BCUT2D eigenvalue weighted by Crippen LogP contribution is 2.26. The van der Waals surface area contributed by atoms with E-state index in [0.29, 0.717) is 47.3 Å². The molecule has 0 saturated carbocycles. The first-order valence-electron chi connectivity index (χ1n) is 13.2. The molecule has 200 valence electrons. The summed E-state index contributed by atoms with van der Waals surface area (Å²) in [5, 5.41) is 9.96. The van der Waals surface area contributed by atoms with Gasteiger partial charge in [0.25, 0.3) is 0 Å². The molecule has 2 aliphatic heterocycles. The van der Waals surface area contributed by atoms with E-state index in [4.69, 9.17) is 26.1 Å². The van der Waals surface area contributed by atoms with E-state index in [9.17, 15) is 9.65 Å². The van der Waals surface area contributed by atoms with Crippen molar-refractivity contribution in [2.24, 2.45) is 0 Å². The van der Waals surface area contributed by atoms with Crippen molar-refractivity contribution < 1.29 is 13.9 Å². The predicted molar refractivity (Wildman–Crippen MR) is 144 cm³/mol. The minimum absolute atomic E-state index is 0.0117. The maximum atomic E-state index is 14.4. The largest absolute Gasteiger partial charge is 0.474 e. The van der Waals surface area contributed by atoms with Gasteiger partial charge in [0, 0.05) is 49.5 Å². The minimum Gasteiger partial charge on any atom is -0.474 e. The van der Waals surface area contributed by atoms with E-state index >= 15 is 0 Å². The lowest BCUT2D eigenvalue weighted by Crippen LogP contribution is -2.39. The Morgan fingerprint density at radius 1 is 1.10 bits per heavy atom. The van der Waals surface area contributed by atoms with Crippen LogP contribution < -0.4 is 4.74 Å². The zero-order valence-corrected chi connectivity index (χ0v) is 22.1. The van der Waals surface area contributed by atoms with Gasteiger partial charge in [0.2, 0.25) is 5.88 Å². The predicted octanol–water partition coefficient (Wildman–Crippen LogP) is 4.91. The van der Waals surface area contributed by atoms with E-state index < -0.39 is 5.82 Å². The van der Waals surface area contributed by atoms with Crippen LogP contribution in [0.3, 0.4) is 0 Å². The number of ether oxygens (including phenoxy) is 2. The maximum absolute atomic E-state index is 14.4. The van der Waals surface area contributed by atoms with Crippen molar-refractivity contribution in [3.8, 4) is 11.9 Å². The number of hydrogen-bond acceptors (Lipinski definition) is 7. The minimum atomic E-state index is -0.522. The highest BCUT2D eigenvalue weighted by Gasteiger charge is 2.26. The molecule has 4 heterocycles. The van der Waals surface area contributed by atoms with Crippen LogP contribution in [-0.4, -0.2) is 56.3 Å². The molecule has 8 nitrogen and oxygen atoms in total. The van der Waals surface area contributed by atoms with Gasteiger partial charge in [0.15, 0.2) is 0 Å². The smallest absolute Gasteiger partial charge is 0.216 e. The fourth-order valence-corrected chi connectivity index (χ4v) is 5.24. The van der Waals surface area contributed by atoms with Crippen molar-refractivity contribution in [2.45, 2.75) is 51.0 Å². The van der Waals surface area contributed by atoms with Crippen molar-refractivity contribution in [1.29, 1.82) is 5.26 Å². The van der Waals surface area contributed by atoms with Crippen LogP contribution in [0, 0.1) is 17.1 Å². The van der Waals surface area contributed by atoms with Gasteiger partial charge in [-0.2, -0.15) is 10.2 Å². The molecule has 0 amide bonds. The molecule has 6 rings (SSSR count). The van der Waals surface area contributed by atoms with E-state index in [0.717, 1.165) is 50.3 Å². The third-order valence-corrected chi connectivity index (χ3v) is 7.61. The van der Waals surface area contributed by atoms with Crippen LogP contribution in [0.2, 0.25) is 5.02 Å². The molecule has 0 N–H and O–H groups in total. The lowest BCUT2D eigenvalue weighted by Gasteiger charge is -2.32. The first-order valence-corrected chi connectivity index (χ1v) is 13.6. The second-order valence-electron chi connectivity index (χ2n) is 10.1. The van der Waals surface area contributed by atoms with Crippen molar-refractivity contribution in [2.75, 3.05) is 19.7 Å². The normalized spacial score (nSPS) is 18.1. The molecule has 1 atom stereocenters. The summed E-state index contributed by atoms with van der Waals surface area (Å²) >= 11 is 5.99. The topological polar surface area (TPSA) is 89.1 Å². The summed E-state index contributed by atoms with van der Waals surface area (Å²) in [7, 11) is 0. The summed E-state index contributed by atoms with van der Waals surface area (Å²) < 4.78 is 28.4. The van der Waals surface area contributed by atoms with Gasteiger partial charge in [0.05, 0.1) is 35.8 Å². The first-order chi connectivity index (χ1) is 19.0.